The molecule has 0 spiro atoms. The van der Waals surface area contributed by atoms with Crippen molar-refractivity contribution in [2.24, 2.45) is 0 Å². The lowest BCUT2D eigenvalue weighted by Gasteiger charge is -2.21. The van der Waals surface area contributed by atoms with Crippen LogP contribution in [0.4, 0.5) is 0 Å². The lowest BCUT2D eigenvalue weighted by Crippen LogP contribution is -2.42. The summed E-state index contributed by atoms with van der Waals surface area (Å²) in [6.07, 6.45) is 2.83. The first-order chi connectivity index (χ1) is 8.49. The van der Waals surface area contributed by atoms with Gasteiger partial charge in [0.1, 0.15) is 0 Å². The first kappa shape index (κ1) is 13.2. The Hall–Kier alpha value is -1.20. The van der Waals surface area contributed by atoms with E-state index in [-0.39, 0.29) is 10.7 Å². The molecule has 0 bridgehead atoms. The molecule has 1 aliphatic carbocycles. The summed E-state index contributed by atoms with van der Waals surface area (Å²) in [5, 5.41) is 0. The number of hydrogen-bond acceptors (Lipinski definition) is 3. The Morgan fingerprint density at radius 1 is 1.17 bits per heavy atom. The van der Waals surface area contributed by atoms with Crippen LogP contribution in [0, 0.1) is 6.92 Å². The molecule has 2 rings (SSSR count). The minimum atomic E-state index is -3.58. The van der Waals surface area contributed by atoms with Crippen molar-refractivity contribution < 1.29 is 13.2 Å². The summed E-state index contributed by atoms with van der Waals surface area (Å²) in [4.78, 5) is 11.8. The van der Waals surface area contributed by atoms with Gasteiger partial charge in [0.15, 0.2) is 5.78 Å². The monoisotopic (exact) mass is 267 g/mol. The van der Waals surface area contributed by atoms with Crippen LogP contribution < -0.4 is 4.72 Å². The molecule has 1 fully saturated rings. The number of hydrogen-bond donors (Lipinski definition) is 1. The van der Waals surface area contributed by atoms with Gasteiger partial charge in [-0.05, 0) is 31.9 Å². The Labute approximate surface area is 107 Å². The highest BCUT2D eigenvalue weighted by Crippen LogP contribution is 2.17. The summed E-state index contributed by atoms with van der Waals surface area (Å²) >= 11 is 0. The summed E-state index contributed by atoms with van der Waals surface area (Å²) in [5.74, 6) is -0.00284. The van der Waals surface area contributed by atoms with Gasteiger partial charge in [-0.25, -0.2) is 13.1 Å². The Kier molecular flexibility index (Phi) is 3.82. The van der Waals surface area contributed by atoms with Crippen LogP contribution in [0.25, 0.3) is 0 Å². The van der Waals surface area contributed by atoms with Gasteiger partial charge in [0.2, 0.25) is 10.0 Å². The van der Waals surface area contributed by atoms with Crippen LogP contribution >= 0.6 is 0 Å². The predicted octanol–water partition coefficient (Wildman–Crippen LogP) is 1.79. The van der Waals surface area contributed by atoms with Crippen molar-refractivity contribution in [2.75, 3.05) is 0 Å². The molecule has 1 saturated carbocycles. The molecule has 1 aromatic carbocycles. The Bertz CT molecular complexity index is 534. The number of benzene rings is 1. The van der Waals surface area contributed by atoms with Crippen molar-refractivity contribution in [3.63, 3.8) is 0 Å². The molecule has 1 aliphatic rings. The highest BCUT2D eigenvalue weighted by atomic mass is 32.2. The second kappa shape index (κ2) is 5.20. The van der Waals surface area contributed by atoms with Crippen LogP contribution in [0.1, 0.15) is 31.2 Å². The van der Waals surface area contributed by atoms with E-state index in [1.54, 1.807) is 24.3 Å². The summed E-state index contributed by atoms with van der Waals surface area (Å²) in [6.45, 7) is 1.90. The minimum absolute atomic E-state index is 0.00284. The number of rotatable bonds is 3. The van der Waals surface area contributed by atoms with E-state index in [2.05, 4.69) is 4.72 Å². The van der Waals surface area contributed by atoms with Crippen LogP contribution in [0.5, 0.6) is 0 Å². The molecule has 0 heterocycles. The largest absolute Gasteiger partial charge is 0.298 e. The number of Topliss-reactive ketones (excluding diaryl/α,β-unsaturated/α-hetero) is 1. The van der Waals surface area contributed by atoms with E-state index in [9.17, 15) is 13.2 Å². The van der Waals surface area contributed by atoms with E-state index >= 15 is 0 Å². The number of ketones is 1. The molecule has 0 saturated heterocycles. The van der Waals surface area contributed by atoms with Crippen molar-refractivity contribution >= 4 is 15.8 Å². The van der Waals surface area contributed by atoms with Crippen LogP contribution in [-0.4, -0.2) is 20.2 Å². The Morgan fingerprint density at radius 3 is 2.44 bits per heavy atom. The number of sulfonamides is 1. The Morgan fingerprint density at radius 2 is 1.83 bits per heavy atom. The third kappa shape index (κ3) is 2.97. The molecule has 1 aromatic rings. The average molecular weight is 267 g/mol. The molecule has 0 unspecified atom stereocenters. The van der Waals surface area contributed by atoms with Crippen LogP contribution in [-0.2, 0) is 14.8 Å². The first-order valence-electron chi connectivity index (χ1n) is 6.11. The lowest BCUT2D eigenvalue weighted by molar-refractivity contribution is -0.122. The van der Waals surface area contributed by atoms with E-state index in [0.29, 0.717) is 12.8 Å². The van der Waals surface area contributed by atoms with Gasteiger partial charge in [-0.3, -0.25) is 4.79 Å². The fraction of sp³-hybridized carbons (Fsp3) is 0.462. The van der Waals surface area contributed by atoms with E-state index in [1.807, 2.05) is 6.92 Å². The van der Waals surface area contributed by atoms with Crippen molar-refractivity contribution in [3.8, 4) is 0 Å². The van der Waals surface area contributed by atoms with E-state index in [1.165, 1.54) is 0 Å². The highest BCUT2D eigenvalue weighted by molar-refractivity contribution is 7.89. The topological polar surface area (TPSA) is 63.2 Å². The van der Waals surface area contributed by atoms with Crippen LogP contribution in [0.15, 0.2) is 29.2 Å². The maximum Gasteiger partial charge on any atom is 0.241 e. The standard InChI is InChI=1S/C13H17NO3S/c1-10-6-8-11(9-7-10)18(16,17)14-12-4-2-3-5-13(12)15/h6-9,12,14H,2-5H2,1H3/t12-/m0/s1. The molecule has 18 heavy (non-hydrogen) atoms. The van der Waals surface area contributed by atoms with Gasteiger partial charge in [0.05, 0.1) is 10.9 Å². The van der Waals surface area contributed by atoms with E-state index in [0.717, 1.165) is 18.4 Å². The molecule has 0 radical (unpaired) electrons. The van der Waals surface area contributed by atoms with Crippen molar-refractivity contribution in [3.05, 3.63) is 29.8 Å². The minimum Gasteiger partial charge on any atom is -0.298 e. The second-order valence-corrected chi connectivity index (χ2v) is 6.41. The zero-order valence-corrected chi connectivity index (χ0v) is 11.2. The zero-order valence-electron chi connectivity index (χ0n) is 10.3. The smallest absolute Gasteiger partial charge is 0.241 e. The number of nitrogens with one attached hydrogen (secondary N) is 1. The van der Waals surface area contributed by atoms with Gasteiger partial charge >= 0.3 is 0 Å². The summed E-state index contributed by atoms with van der Waals surface area (Å²) in [6, 6.07) is 6.06. The molecular formula is C13H17NO3S. The third-order valence-electron chi connectivity index (χ3n) is 3.18. The molecular weight excluding hydrogens is 250 g/mol. The molecule has 1 N–H and O–H groups in total. The van der Waals surface area contributed by atoms with Crippen molar-refractivity contribution in [1.82, 2.24) is 4.72 Å². The molecule has 4 nitrogen and oxygen atoms in total. The van der Waals surface area contributed by atoms with Gasteiger partial charge in [-0.2, -0.15) is 0 Å². The average Bonchev–Trinajstić information content (AvgIpc) is 2.32. The zero-order chi connectivity index (χ0) is 13.2. The molecule has 98 valence electrons. The van der Waals surface area contributed by atoms with Gasteiger partial charge in [0, 0.05) is 6.42 Å². The number of carbonyl (C=O) groups is 1. The SMILES string of the molecule is Cc1ccc(S(=O)(=O)N[C@H]2CCCCC2=O)cc1. The lowest BCUT2D eigenvalue weighted by atomic mass is 9.95. The fourth-order valence-corrected chi connectivity index (χ4v) is 3.33. The summed E-state index contributed by atoms with van der Waals surface area (Å²) in [5.41, 5.74) is 1.00. The second-order valence-electron chi connectivity index (χ2n) is 4.70. The predicted molar refractivity (Wildman–Crippen MR) is 68.8 cm³/mol. The van der Waals surface area contributed by atoms with Gasteiger partial charge < -0.3 is 0 Å². The van der Waals surface area contributed by atoms with Crippen LogP contribution in [0.3, 0.4) is 0 Å². The molecule has 5 heteroatoms. The van der Waals surface area contributed by atoms with Crippen molar-refractivity contribution in [2.45, 2.75) is 43.5 Å². The van der Waals surface area contributed by atoms with Crippen LogP contribution in [0.2, 0.25) is 0 Å². The normalized spacial score (nSPS) is 20.9. The summed E-state index contributed by atoms with van der Waals surface area (Å²) in [7, 11) is -3.58. The van der Waals surface area contributed by atoms with Gasteiger partial charge in [-0.1, -0.05) is 24.1 Å². The first-order valence-corrected chi connectivity index (χ1v) is 7.59. The molecule has 1 atom stereocenters. The van der Waals surface area contributed by atoms with Gasteiger partial charge in [-0.15, -0.1) is 0 Å². The molecule has 0 amide bonds. The molecule has 0 aliphatic heterocycles. The summed E-state index contributed by atoms with van der Waals surface area (Å²) < 4.78 is 26.7. The molecule has 0 aromatic heterocycles. The quantitative estimate of drug-likeness (QED) is 0.908. The fourth-order valence-electron chi connectivity index (χ4n) is 2.08. The Balaban J connectivity index is 2.16. The van der Waals surface area contributed by atoms with Crippen molar-refractivity contribution in [1.29, 1.82) is 0 Å². The maximum atomic E-state index is 12.1. The highest BCUT2D eigenvalue weighted by Gasteiger charge is 2.27. The number of carbonyl (C=O) groups excluding carboxylic acids is 1. The maximum absolute atomic E-state index is 12.1. The number of aryl methyl sites for hydroxylation is 1. The van der Waals surface area contributed by atoms with E-state index in [4.69, 9.17) is 0 Å². The third-order valence-corrected chi connectivity index (χ3v) is 4.67. The van der Waals surface area contributed by atoms with Gasteiger partial charge in [0.25, 0.3) is 0 Å². The van der Waals surface area contributed by atoms with E-state index < -0.39 is 16.1 Å².